The largest absolute Gasteiger partial charge is 0.481 e. The van der Waals surface area contributed by atoms with Crippen molar-refractivity contribution in [3.8, 4) is 0 Å². The molecule has 0 radical (unpaired) electrons. The third kappa shape index (κ3) is 3.69. The van der Waals surface area contributed by atoms with Crippen molar-refractivity contribution in [1.29, 1.82) is 0 Å². The van der Waals surface area contributed by atoms with Crippen LogP contribution in [0, 0.1) is 13.8 Å². The number of rotatable bonds is 6. The molecule has 0 spiro atoms. The van der Waals surface area contributed by atoms with Crippen LogP contribution in [-0.2, 0) is 20.7 Å². The Kier molecular flexibility index (Phi) is 5.35. The molecule has 0 unspecified atom stereocenters. The molecule has 2 heterocycles. The van der Waals surface area contributed by atoms with Gasteiger partial charge in [0.15, 0.2) is 0 Å². The average Bonchev–Trinajstić information content (AvgIpc) is 3.11. The fourth-order valence-electron chi connectivity index (χ4n) is 3.33. The molecule has 146 valence electrons. The number of anilines is 1. The van der Waals surface area contributed by atoms with Gasteiger partial charge in [-0.1, -0.05) is 11.6 Å². The summed E-state index contributed by atoms with van der Waals surface area (Å²) in [6.45, 7) is 5.63. The van der Waals surface area contributed by atoms with Gasteiger partial charge in [-0.25, -0.2) is 4.79 Å². The van der Waals surface area contributed by atoms with Crippen molar-refractivity contribution >= 4 is 35.2 Å². The molecular formula is C21H22N2O5. The average molecular weight is 382 g/mol. The summed E-state index contributed by atoms with van der Waals surface area (Å²) in [6.07, 6.45) is 1.82. The van der Waals surface area contributed by atoms with Gasteiger partial charge < -0.3 is 20.1 Å². The van der Waals surface area contributed by atoms with E-state index in [1.54, 1.807) is 19.9 Å². The molecule has 0 atom stereocenters. The molecule has 1 aliphatic heterocycles. The van der Waals surface area contributed by atoms with E-state index in [0.717, 1.165) is 16.8 Å². The zero-order chi connectivity index (χ0) is 20.4. The highest BCUT2D eigenvalue weighted by atomic mass is 16.5. The third-order valence-corrected chi connectivity index (χ3v) is 4.73. The number of aromatic amines is 1. The zero-order valence-electron chi connectivity index (χ0n) is 16.0. The summed E-state index contributed by atoms with van der Waals surface area (Å²) in [5.74, 6) is -1.68. The van der Waals surface area contributed by atoms with Crippen LogP contribution in [0.15, 0.2) is 18.2 Å². The molecule has 3 rings (SSSR count). The highest BCUT2D eigenvalue weighted by Crippen LogP contribution is 2.35. The van der Waals surface area contributed by atoms with Crippen LogP contribution >= 0.6 is 0 Å². The molecule has 2 aromatic rings. The molecule has 7 heteroatoms. The van der Waals surface area contributed by atoms with E-state index in [9.17, 15) is 14.4 Å². The summed E-state index contributed by atoms with van der Waals surface area (Å²) in [6, 6.07) is 5.68. The summed E-state index contributed by atoms with van der Waals surface area (Å²) < 4.78 is 5.08. The number of amides is 1. The molecule has 0 fully saturated rings. The van der Waals surface area contributed by atoms with Crippen molar-refractivity contribution < 1.29 is 24.2 Å². The van der Waals surface area contributed by atoms with E-state index < -0.39 is 11.9 Å². The lowest BCUT2D eigenvalue weighted by Gasteiger charge is -2.03. The second-order valence-corrected chi connectivity index (χ2v) is 6.69. The SMILES string of the molecule is CCOC(=O)c1[nH]c(/C=C2\C(=O)Nc3ccc(C)cc32)c(CCC(=O)O)c1C. The topological polar surface area (TPSA) is 108 Å². The van der Waals surface area contributed by atoms with E-state index in [-0.39, 0.29) is 31.0 Å². The Morgan fingerprint density at radius 1 is 1.25 bits per heavy atom. The summed E-state index contributed by atoms with van der Waals surface area (Å²) in [4.78, 5) is 38.8. The molecular weight excluding hydrogens is 360 g/mol. The highest BCUT2D eigenvalue weighted by molar-refractivity contribution is 6.35. The fraction of sp³-hybridized carbons (Fsp3) is 0.286. The number of aryl methyl sites for hydroxylation is 1. The Balaban J connectivity index is 2.10. The maximum Gasteiger partial charge on any atom is 0.355 e. The lowest BCUT2D eigenvalue weighted by molar-refractivity contribution is -0.137. The number of ether oxygens (including phenoxy) is 1. The van der Waals surface area contributed by atoms with Crippen LogP contribution < -0.4 is 5.32 Å². The number of carboxylic acid groups (broad SMARTS) is 1. The second kappa shape index (κ2) is 7.72. The number of aliphatic carboxylic acids is 1. The first kappa shape index (κ1) is 19.4. The normalized spacial score (nSPS) is 14.1. The van der Waals surface area contributed by atoms with Crippen LogP contribution in [0.25, 0.3) is 11.6 Å². The number of esters is 1. The van der Waals surface area contributed by atoms with Gasteiger partial charge >= 0.3 is 11.9 Å². The molecule has 7 nitrogen and oxygen atoms in total. The minimum Gasteiger partial charge on any atom is -0.481 e. The van der Waals surface area contributed by atoms with Crippen LogP contribution in [0.1, 0.15) is 51.8 Å². The number of H-pyrrole nitrogens is 1. The monoisotopic (exact) mass is 382 g/mol. The molecule has 0 bridgehead atoms. The van der Waals surface area contributed by atoms with Gasteiger partial charge in [-0.05, 0) is 56.5 Å². The molecule has 0 saturated heterocycles. The molecule has 0 saturated carbocycles. The van der Waals surface area contributed by atoms with Gasteiger partial charge in [-0.2, -0.15) is 0 Å². The number of benzene rings is 1. The van der Waals surface area contributed by atoms with Gasteiger partial charge in [0.05, 0.1) is 12.2 Å². The third-order valence-electron chi connectivity index (χ3n) is 4.73. The Hall–Kier alpha value is -3.35. The summed E-state index contributed by atoms with van der Waals surface area (Å²) in [5, 5.41) is 11.9. The van der Waals surface area contributed by atoms with Crippen molar-refractivity contribution in [2.45, 2.75) is 33.6 Å². The zero-order valence-corrected chi connectivity index (χ0v) is 16.0. The number of hydrogen-bond donors (Lipinski definition) is 3. The number of aromatic nitrogens is 1. The van der Waals surface area contributed by atoms with Crippen molar-refractivity contribution in [2.75, 3.05) is 11.9 Å². The maximum atomic E-state index is 12.5. The van der Waals surface area contributed by atoms with Gasteiger partial charge in [0, 0.05) is 23.4 Å². The van der Waals surface area contributed by atoms with Crippen LogP contribution in [-0.4, -0.2) is 34.5 Å². The van der Waals surface area contributed by atoms with E-state index in [1.165, 1.54) is 0 Å². The number of carbonyl (C=O) groups is 3. The smallest absolute Gasteiger partial charge is 0.355 e. The van der Waals surface area contributed by atoms with Gasteiger partial charge in [0.2, 0.25) is 0 Å². The first-order valence-electron chi connectivity index (χ1n) is 9.06. The summed E-state index contributed by atoms with van der Waals surface area (Å²) in [5.41, 5.74) is 5.12. The van der Waals surface area contributed by atoms with Crippen molar-refractivity contribution in [3.63, 3.8) is 0 Å². The van der Waals surface area contributed by atoms with E-state index in [4.69, 9.17) is 9.84 Å². The first-order chi connectivity index (χ1) is 13.3. The molecule has 3 N–H and O–H groups in total. The van der Waals surface area contributed by atoms with Gasteiger partial charge in [0.25, 0.3) is 5.91 Å². The lowest BCUT2D eigenvalue weighted by atomic mass is 10.00. The number of nitrogens with one attached hydrogen (secondary N) is 2. The fourth-order valence-corrected chi connectivity index (χ4v) is 3.33. The van der Waals surface area contributed by atoms with E-state index >= 15 is 0 Å². The Bertz CT molecular complexity index is 1000. The maximum absolute atomic E-state index is 12.5. The molecule has 0 aliphatic carbocycles. The number of carbonyl (C=O) groups excluding carboxylic acids is 2. The van der Waals surface area contributed by atoms with Gasteiger partial charge in [0.1, 0.15) is 5.69 Å². The first-order valence-corrected chi connectivity index (χ1v) is 9.06. The molecule has 1 aliphatic rings. The van der Waals surface area contributed by atoms with Crippen LogP contribution in [0.5, 0.6) is 0 Å². The van der Waals surface area contributed by atoms with Crippen molar-refractivity contribution in [2.24, 2.45) is 0 Å². The van der Waals surface area contributed by atoms with E-state index in [1.807, 2.05) is 25.1 Å². The minimum absolute atomic E-state index is 0.0843. The minimum atomic E-state index is -0.934. The highest BCUT2D eigenvalue weighted by Gasteiger charge is 2.26. The number of hydrogen-bond acceptors (Lipinski definition) is 4. The number of carboxylic acids is 1. The Morgan fingerprint density at radius 2 is 2.00 bits per heavy atom. The van der Waals surface area contributed by atoms with Crippen molar-refractivity contribution in [1.82, 2.24) is 4.98 Å². The predicted octanol–water partition coefficient (Wildman–Crippen LogP) is 3.32. The predicted molar refractivity (Wildman–Crippen MR) is 105 cm³/mol. The van der Waals surface area contributed by atoms with Crippen LogP contribution in [0.3, 0.4) is 0 Å². The van der Waals surface area contributed by atoms with Crippen LogP contribution in [0.2, 0.25) is 0 Å². The Labute approximate surface area is 162 Å². The lowest BCUT2D eigenvalue weighted by Crippen LogP contribution is -2.07. The van der Waals surface area contributed by atoms with E-state index in [2.05, 4.69) is 10.3 Å². The Morgan fingerprint density at radius 3 is 2.68 bits per heavy atom. The number of fused-ring (bicyclic) bond motifs is 1. The molecule has 1 amide bonds. The van der Waals surface area contributed by atoms with Crippen molar-refractivity contribution in [3.05, 3.63) is 51.8 Å². The quantitative estimate of drug-likeness (QED) is 0.525. The molecule has 28 heavy (non-hydrogen) atoms. The second-order valence-electron chi connectivity index (χ2n) is 6.69. The molecule has 1 aromatic carbocycles. The van der Waals surface area contributed by atoms with Gasteiger partial charge in [-0.3, -0.25) is 9.59 Å². The van der Waals surface area contributed by atoms with Crippen LogP contribution in [0.4, 0.5) is 5.69 Å². The summed E-state index contributed by atoms with van der Waals surface area (Å²) >= 11 is 0. The standard InChI is InChI=1S/C21H22N2O5/c1-4-28-21(27)19-12(3)13(6-8-18(24)25)17(22-19)10-15-14-9-11(2)5-7-16(14)23-20(15)26/h5,7,9-10,22H,4,6,8H2,1-3H3,(H,23,26)(H,24,25)/b15-10-. The van der Waals surface area contributed by atoms with E-state index in [0.29, 0.717) is 22.4 Å². The summed E-state index contributed by atoms with van der Waals surface area (Å²) in [7, 11) is 0. The van der Waals surface area contributed by atoms with Gasteiger partial charge in [-0.15, -0.1) is 0 Å². The molecule has 1 aromatic heterocycles.